The zero-order chi connectivity index (χ0) is 20.5. The maximum absolute atomic E-state index is 13.4. The van der Waals surface area contributed by atoms with Crippen LogP contribution in [-0.4, -0.2) is 41.4 Å². The highest BCUT2D eigenvalue weighted by molar-refractivity contribution is 7.90. The second-order valence-electron chi connectivity index (χ2n) is 5.83. The number of rotatable bonds is 4. The molecule has 1 aliphatic heterocycles. The number of carbonyl (C=O) groups is 2. The largest absolute Gasteiger partial charge is 0.346 e. The number of hydrogen-bond acceptors (Lipinski definition) is 7. The quantitative estimate of drug-likeness (QED) is 0.777. The van der Waals surface area contributed by atoms with Gasteiger partial charge in [-0.15, -0.1) is 5.10 Å². The van der Waals surface area contributed by atoms with E-state index < -0.39 is 45.3 Å². The van der Waals surface area contributed by atoms with Crippen LogP contribution in [-0.2, 0) is 14.8 Å². The van der Waals surface area contributed by atoms with Gasteiger partial charge in [-0.05, 0) is 37.3 Å². The summed E-state index contributed by atoms with van der Waals surface area (Å²) in [5.41, 5.74) is 0.374. The Kier molecular flexibility index (Phi) is 4.93. The molecule has 0 fully saturated rings. The minimum Gasteiger partial charge on any atom is -0.346 e. The van der Waals surface area contributed by atoms with Crippen molar-refractivity contribution >= 4 is 27.6 Å². The monoisotopic (exact) mass is 408 g/mol. The number of carbonyl (C=O) groups excluding carboxylic acids is 2. The van der Waals surface area contributed by atoms with E-state index in [-0.39, 0.29) is 14.2 Å². The predicted molar refractivity (Wildman–Crippen MR) is 96.8 cm³/mol. The molecular formula is C16H17FN6O4S. The summed E-state index contributed by atoms with van der Waals surface area (Å²) < 4.78 is 38.9. The number of nitrogens with one attached hydrogen (secondary N) is 2. The molecule has 3 amide bonds. The Morgan fingerprint density at radius 2 is 2.14 bits per heavy atom. The molecule has 2 heterocycles. The minimum absolute atomic E-state index is 0. The highest BCUT2D eigenvalue weighted by Crippen LogP contribution is 2.30. The molecule has 10 nitrogen and oxygen atoms in total. The third-order valence-corrected chi connectivity index (χ3v) is 5.66. The second-order valence-corrected chi connectivity index (χ2v) is 7.66. The third-order valence-electron chi connectivity index (χ3n) is 3.89. The van der Waals surface area contributed by atoms with Crippen LogP contribution in [0.3, 0.4) is 0 Å². The van der Waals surface area contributed by atoms with Crippen molar-refractivity contribution < 1.29 is 25.3 Å². The Morgan fingerprint density at radius 3 is 2.79 bits per heavy atom. The zero-order valence-corrected chi connectivity index (χ0v) is 15.2. The number of aromatic nitrogens is 2. The molecule has 0 unspecified atom stereocenters. The van der Waals surface area contributed by atoms with Gasteiger partial charge in [0.15, 0.2) is 5.69 Å². The van der Waals surface area contributed by atoms with E-state index in [1.54, 1.807) is 6.92 Å². The van der Waals surface area contributed by atoms with Crippen LogP contribution in [0.25, 0.3) is 0 Å². The lowest BCUT2D eigenvalue weighted by atomic mass is 10.2. The van der Waals surface area contributed by atoms with Gasteiger partial charge in [-0.1, -0.05) is 0 Å². The number of nitrogens with zero attached hydrogens (tertiary/aromatic N) is 4. The Labute approximate surface area is 162 Å². The zero-order valence-electron chi connectivity index (χ0n) is 14.4. The van der Waals surface area contributed by atoms with Crippen molar-refractivity contribution in [2.45, 2.75) is 17.9 Å². The van der Waals surface area contributed by atoms with E-state index in [1.807, 2.05) is 6.07 Å². The number of nitriles is 1. The summed E-state index contributed by atoms with van der Waals surface area (Å²) in [6.07, 6.45) is 0. The van der Waals surface area contributed by atoms with Gasteiger partial charge < -0.3 is 10.6 Å². The first-order chi connectivity index (χ1) is 13.2. The number of sulfonamides is 1. The fourth-order valence-corrected chi connectivity index (χ4v) is 3.95. The average molecular weight is 408 g/mol. The summed E-state index contributed by atoms with van der Waals surface area (Å²) >= 11 is 0. The standard InChI is InChI=1S/C16H13FN6O4S.2H2/c1-9(12-5-3-11(7-18)21-22-12)19-15(24)8-23-16(25)20-13-4-2-10(17)6-14(13)28(23,26)27;;/h2-6,9H,8H2,1H3,(H,19,24)(H,20,25);2*1H/t9-;;/m1../s1. The first kappa shape index (κ1) is 19.2. The van der Waals surface area contributed by atoms with Crippen LogP contribution in [0, 0.1) is 17.1 Å². The van der Waals surface area contributed by atoms with Crippen LogP contribution in [0.15, 0.2) is 35.2 Å². The molecule has 0 bridgehead atoms. The van der Waals surface area contributed by atoms with Crippen LogP contribution in [0.4, 0.5) is 14.9 Å². The summed E-state index contributed by atoms with van der Waals surface area (Å²) in [4.78, 5) is 23.9. The molecule has 1 aromatic carbocycles. The van der Waals surface area contributed by atoms with E-state index >= 15 is 0 Å². The maximum atomic E-state index is 13.4. The molecule has 1 aromatic heterocycles. The topological polar surface area (TPSA) is 145 Å². The van der Waals surface area contributed by atoms with Crippen molar-refractivity contribution in [3.8, 4) is 6.07 Å². The molecule has 1 aliphatic rings. The molecule has 0 aliphatic carbocycles. The Morgan fingerprint density at radius 1 is 1.39 bits per heavy atom. The number of urea groups is 1. The van der Waals surface area contributed by atoms with Crippen molar-refractivity contribution in [1.29, 1.82) is 5.26 Å². The molecule has 12 heteroatoms. The number of benzene rings is 1. The molecule has 2 N–H and O–H groups in total. The van der Waals surface area contributed by atoms with E-state index in [2.05, 4.69) is 20.8 Å². The summed E-state index contributed by atoms with van der Waals surface area (Å²) in [5.74, 6) is -1.58. The summed E-state index contributed by atoms with van der Waals surface area (Å²) in [7, 11) is -4.40. The lowest BCUT2D eigenvalue weighted by Crippen LogP contribution is -2.49. The first-order valence-corrected chi connectivity index (χ1v) is 9.32. The SMILES string of the molecule is C[C@@H](NC(=O)CN1C(=O)Nc2ccc(F)cc2S1(=O)=O)c1ccc(C#N)nn1.[HH].[HH]. The van der Waals surface area contributed by atoms with Crippen molar-refractivity contribution in [1.82, 2.24) is 19.8 Å². The lowest BCUT2D eigenvalue weighted by Gasteiger charge is -2.28. The highest BCUT2D eigenvalue weighted by atomic mass is 32.2. The molecule has 0 saturated carbocycles. The van der Waals surface area contributed by atoms with Crippen LogP contribution >= 0.6 is 0 Å². The summed E-state index contributed by atoms with van der Waals surface area (Å²) in [5, 5.41) is 20.9. The fraction of sp³-hybridized carbons (Fsp3) is 0.188. The normalized spacial score (nSPS) is 15.8. The van der Waals surface area contributed by atoms with Gasteiger partial charge in [-0.2, -0.15) is 10.4 Å². The smallest absolute Gasteiger partial charge is 0.336 e. The van der Waals surface area contributed by atoms with Crippen LogP contribution in [0.1, 0.15) is 27.2 Å². The Balaban J connectivity index is 0.00000225. The van der Waals surface area contributed by atoms with E-state index in [0.29, 0.717) is 10.00 Å². The van der Waals surface area contributed by atoms with Gasteiger partial charge in [0.1, 0.15) is 23.3 Å². The van der Waals surface area contributed by atoms with Crippen molar-refractivity contribution in [2.24, 2.45) is 0 Å². The van der Waals surface area contributed by atoms with Gasteiger partial charge in [0.25, 0.3) is 10.0 Å². The molecule has 148 valence electrons. The first-order valence-electron chi connectivity index (χ1n) is 7.88. The second kappa shape index (κ2) is 7.20. The Bertz CT molecular complexity index is 1110. The molecule has 28 heavy (non-hydrogen) atoms. The summed E-state index contributed by atoms with van der Waals surface area (Å²) in [6, 6.07) is 5.93. The molecular weight excluding hydrogens is 391 g/mol. The summed E-state index contributed by atoms with van der Waals surface area (Å²) in [6.45, 7) is 0.765. The van der Waals surface area contributed by atoms with Gasteiger partial charge in [-0.3, -0.25) is 4.79 Å². The van der Waals surface area contributed by atoms with Gasteiger partial charge in [-0.25, -0.2) is 21.9 Å². The third kappa shape index (κ3) is 3.60. The molecule has 0 saturated heterocycles. The fourth-order valence-electron chi connectivity index (χ4n) is 2.50. The lowest BCUT2D eigenvalue weighted by molar-refractivity contribution is -0.121. The van der Waals surface area contributed by atoms with Crippen molar-refractivity contribution in [2.75, 3.05) is 11.9 Å². The predicted octanol–water partition coefficient (Wildman–Crippen LogP) is 1.39. The molecule has 0 spiro atoms. The van der Waals surface area contributed by atoms with E-state index in [1.165, 1.54) is 12.1 Å². The van der Waals surface area contributed by atoms with Crippen LogP contribution in [0.5, 0.6) is 0 Å². The molecule has 3 rings (SSSR count). The highest BCUT2D eigenvalue weighted by Gasteiger charge is 2.38. The number of anilines is 1. The van der Waals surface area contributed by atoms with Gasteiger partial charge in [0.05, 0.1) is 17.4 Å². The number of fused-ring (bicyclic) bond motifs is 1. The number of hydrogen-bond donors (Lipinski definition) is 2. The van der Waals surface area contributed by atoms with Crippen LogP contribution in [0.2, 0.25) is 0 Å². The van der Waals surface area contributed by atoms with E-state index in [9.17, 15) is 22.4 Å². The van der Waals surface area contributed by atoms with Gasteiger partial charge in [0, 0.05) is 2.85 Å². The molecule has 0 radical (unpaired) electrons. The van der Waals surface area contributed by atoms with Crippen molar-refractivity contribution in [3.63, 3.8) is 0 Å². The van der Waals surface area contributed by atoms with Gasteiger partial charge in [0.2, 0.25) is 5.91 Å². The van der Waals surface area contributed by atoms with E-state index in [0.717, 1.165) is 18.2 Å². The van der Waals surface area contributed by atoms with E-state index in [4.69, 9.17) is 5.26 Å². The average Bonchev–Trinajstić information content (AvgIpc) is 2.66. The van der Waals surface area contributed by atoms with Gasteiger partial charge >= 0.3 is 6.03 Å². The maximum Gasteiger partial charge on any atom is 0.336 e. The Hall–Kier alpha value is -3.59. The van der Waals surface area contributed by atoms with Crippen molar-refractivity contribution in [3.05, 3.63) is 47.5 Å². The van der Waals surface area contributed by atoms with Crippen LogP contribution < -0.4 is 10.6 Å². The molecule has 1 atom stereocenters. The molecule has 2 aromatic rings. The number of amides is 3. The minimum atomic E-state index is -4.40. The number of halogens is 1.